The Morgan fingerprint density at radius 2 is 1.95 bits per heavy atom. The Hall–Kier alpha value is -1.63. The number of benzene rings is 1. The second-order valence-corrected chi connectivity index (χ2v) is 5.21. The molecule has 1 aromatic heterocycles. The van der Waals surface area contributed by atoms with Crippen LogP contribution in [0.3, 0.4) is 0 Å². The third-order valence-electron chi connectivity index (χ3n) is 2.94. The zero-order valence-corrected chi connectivity index (χ0v) is 11.6. The molecule has 3 nitrogen and oxygen atoms in total. The Balaban J connectivity index is 2.68. The molecule has 0 aliphatic rings. The maximum absolute atomic E-state index is 13.3. The highest BCUT2D eigenvalue weighted by Gasteiger charge is 2.42. The molecule has 0 amide bonds. The molecule has 0 bridgehead atoms. The monoisotopic (exact) mass is 322 g/mol. The summed E-state index contributed by atoms with van der Waals surface area (Å²) in [6.45, 7) is -0.0388. The van der Waals surface area contributed by atoms with E-state index in [1.807, 2.05) is 0 Å². The second-order valence-electron chi connectivity index (χ2n) is 4.56. The van der Waals surface area contributed by atoms with Crippen molar-refractivity contribution in [2.75, 3.05) is 0 Å². The summed E-state index contributed by atoms with van der Waals surface area (Å²) >= 11 is 5.83. The van der Waals surface area contributed by atoms with Crippen molar-refractivity contribution in [3.8, 4) is 0 Å². The van der Waals surface area contributed by atoms with Crippen molar-refractivity contribution in [1.82, 2.24) is 9.55 Å². The molecule has 0 aliphatic carbocycles. The van der Waals surface area contributed by atoms with E-state index in [9.17, 15) is 22.4 Å². The van der Waals surface area contributed by atoms with Gasteiger partial charge in [-0.1, -0.05) is 12.1 Å². The van der Waals surface area contributed by atoms with Gasteiger partial charge in [-0.2, -0.15) is 8.78 Å². The lowest BCUT2D eigenvalue weighted by Gasteiger charge is -2.20. The summed E-state index contributed by atoms with van der Waals surface area (Å²) in [6, 6.07) is 6.07. The molecule has 0 radical (unpaired) electrons. The minimum Gasteiger partial charge on any atom is -0.289 e. The van der Waals surface area contributed by atoms with E-state index in [1.165, 1.54) is 25.1 Å². The van der Waals surface area contributed by atoms with Crippen LogP contribution in [-0.4, -0.2) is 21.9 Å². The first kappa shape index (κ1) is 15.8. The van der Waals surface area contributed by atoms with Crippen LogP contribution in [0.2, 0.25) is 0 Å². The van der Waals surface area contributed by atoms with Crippen LogP contribution in [0.1, 0.15) is 18.1 Å². The Bertz CT molecular complexity index is 715. The summed E-state index contributed by atoms with van der Waals surface area (Å²) in [6.07, 6.45) is -3.88. The van der Waals surface area contributed by atoms with Crippen molar-refractivity contribution in [2.24, 2.45) is 0 Å². The minimum absolute atomic E-state index is 0.0728. The Morgan fingerprint density at radius 1 is 1.33 bits per heavy atom. The van der Waals surface area contributed by atoms with Gasteiger partial charge >= 0.3 is 12.3 Å². The van der Waals surface area contributed by atoms with E-state index in [-0.39, 0.29) is 16.7 Å². The number of rotatable bonds is 4. The molecule has 0 saturated carbocycles. The van der Waals surface area contributed by atoms with Crippen molar-refractivity contribution in [3.63, 3.8) is 0 Å². The largest absolute Gasteiger partial charge is 0.325 e. The molecule has 0 aliphatic heterocycles. The van der Waals surface area contributed by atoms with Crippen LogP contribution in [-0.2, 0) is 6.54 Å². The molecule has 0 spiro atoms. The fourth-order valence-corrected chi connectivity index (χ4v) is 2.09. The average molecular weight is 323 g/mol. The lowest BCUT2D eigenvalue weighted by Crippen LogP contribution is -2.38. The summed E-state index contributed by atoms with van der Waals surface area (Å²) in [7, 11) is 0. The van der Waals surface area contributed by atoms with Gasteiger partial charge in [-0.15, -0.1) is 11.6 Å². The SMILES string of the molecule is CC(Cl)c1nc2ccccc2c(=O)n1CC(F)(F)C(F)F. The van der Waals surface area contributed by atoms with Crippen LogP contribution in [0.25, 0.3) is 10.9 Å². The fraction of sp³-hybridized carbons (Fsp3) is 0.385. The van der Waals surface area contributed by atoms with Gasteiger partial charge < -0.3 is 0 Å². The van der Waals surface area contributed by atoms with Crippen LogP contribution in [0.15, 0.2) is 29.1 Å². The number of fused-ring (bicyclic) bond motifs is 1. The van der Waals surface area contributed by atoms with Crippen molar-refractivity contribution < 1.29 is 17.6 Å². The third kappa shape index (κ3) is 3.02. The van der Waals surface area contributed by atoms with Gasteiger partial charge in [-0.25, -0.2) is 13.8 Å². The quantitative estimate of drug-likeness (QED) is 0.637. The summed E-state index contributed by atoms with van der Waals surface area (Å²) < 4.78 is 51.8. The molecular formula is C13H11ClF4N2O. The predicted molar refractivity (Wildman–Crippen MR) is 71.2 cm³/mol. The van der Waals surface area contributed by atoms with E-state index >= 15 is 0 Å². The first-order valence-corrected chi connectivity index (χ1v) is 6.47. The molecule has 2 rings (SSSR count). The topological polar surface area (TPSA) is 34.9 Å². The number of para-hydroxylation sites is 1. The Kier molecular flexibility index (Phi) is 4.22. The number of aromatic nitrogens is 2. The highest BCUT2D eigenvalue weighted by atomic mass is 35.5. The van der Waals surface area contributed by atoms with Crippen LogP contribution in [0, 0.1) is 0 Å². The van der Waals surface area contributed by atoms with E-state index in [0.29, 0.717) is 4.57 Å². The van der Waals surface area contributed by atoms with E-state index in [0.717, 1.165) is 0 Å². The number of alkyl halides is 5. The van der Waals surface area contributed by atoms with E-state index in [1.54, 1.807) is 6.07 Å². The van der Waals surface area contributed by atoms with Gasteiger partial charge in [0, 0.05) is 0 Å². The van der Waals surface area contributed by atoms with Crippen molar-refractivity contribution >= 4 is 22.5 Å². The second kappa shape index (κ2) is 5.63. The standard InChI is InChI=1S/C13H11ClF4N2O/c1-7(14)10-19-9-5-3-2-4-8(9)11(21)20(10)6-13(17,18)12(15)16/h2-5,7,12H,6H2,1H3. The third-order valence-corrected chi connectivity index (χ3v) is 3.13. The molecule has 0 saturated heterocycles. The average Bonchev–Trinajstić information content (AvgIpc) is 2.41. The molecule has 1 atom stereocenters. The van der Waals surface area contributed by atoms with Gasteiger partial charge in [-0.3, -0.25) is 9.36 Å². The van der Waals surface area contributed by atoms with Gasteiger partial charge in [0.15, 0.2) is 0 Å². The summed E-state index contributed by atoms with van der Waals surface area (Å²) in [5.41, 5.74) is -0.537. The highest BCUT2D eigenvalue weighted by molar-refractivity contribution is 6.20. The van der Waals surface area contributed by atoms with E-state index in [2.05, 4.69) is 4.98 Å². The van der Waals surface area contributed by atoms with Gasteiger partial charge in [0.25, 0.3) is 5.56 Å². The van der Waals surface area contributed by atoms with Crippen LogP contribution >= 0.6 is 11.6 Å². The first-order chi connectivity index (χ1) is 9.74. The summed E-state index contributed by atoms with van der Waals surface area (Å²) in [5, 5.41) is -0.806. The molecule has 2 aromatic rings. The minimum atomic E-state index is -4.34. The van der Waals surface area contributed by atoms with Crippen LogP contribution in [0.5, 0.6) is 0 Å². The number of nitrogens with zero attached hydrogens (tertiary/aromatic N) is 2. The maximum Gasteiger partial charge on any atom is 0.325 e. The number of hydrogen-bond donors (Lipinski definition) is 0. The summed E-state index contributed by atoms with van der Waals surface area (Å²) in [5.74, 6) is -4.50. The molecule has 8 heteroatoms. The van der Waals surface area contributed by atoms with Gasteiger partial charge in [0.1, 0.15) is 5.82 Å². The molecule has 114 valence electrons. The van der Waals surface area contributed by atoms with Gasteiger partial charge in [-0.05, 0) is 19.1 Å². The first-order valence-electron chi connectivity index (χ1n) is 6.03. The highest BCUT2D eigenvalue weighted by Crippen LogP contribution is 2.27. The fourth-order valence-electron chi connectivity index (χ4n) is 1.92. The molecular weight excluding hydrogens is 312 g/mol. The molecule has 0 fully saturated rings. The Labute approximate surface area is 122 Å². The summed E-state index contributed by atoms with van der Waals surface area (Å²) in [4.78, 5) is 16.3. The lowest BCUT2D eigenvalue weighted by atomic mass is 10.2. The lowest BCUT2D eigenvalue weighted by molar-refractivity contribution is -0.138. The predicted octanol–water partition coefficient (Wildman–Crippen LogP) is 3.60. The van der Waals surface area contributed by atoms with E-state index < -0.39 is 29.8 Å². The Morgan fingerprint density at radius 3 is 2.52 bits per heavy atom. The van der Waals surface area contributed by atoms with Gasteiger partial charge in [0.05, 0.1) is 22.8 Å². The van der Waals surface area contributed by atoms with Crippen LogP contribution < -0.4 is 5.56 Å². The molecule has 1 unspecified atom stereocenters. The molecule has 21 heavy (non-hydrogen) atoms. The van der Waals surface area contributed by atoms with Crippen molar-refractivity contribution in [1.29, 1.82) is 0 Å². The van der Waals surface area contributed by atoms with Crippen molar-refractivity contribution in [2.45, 2.75) is 31.2 Å². The number of hydrogen-bond acceptors (Lipinski definition) is 2. The molecule has 1 aromatic carbocycles. The molecule has 0 N–H and O–H groups in total. The van der Waals surface area contributed by atoms with Gasteiger partial charge in [0.2, 0.25) is 0 Å². The molecule has 1 heterocycles. The zero-order valence-electron chi connectivity index (χ0n) is 10.9. The zero-order chi connectivity index (χ0) is 15.8. The number of halogens is 5. The maximum atomic E-state index is 13.3. The van der Waals surface area contributed by atoms with Crippen molar-refractivity contribution in [3.05, 3.63) is 40.4 Å². The smallest absolute Gasteiger partial charge is 0.289 e. The van der Waals surface area contributed by atoms with Crippen LogP contribution in [0.4, 0.5) is 17.6 Å². The van der Waals surface area contributed by atoms with E-state index in [4.69, 9.17) is 11.6 Å². The normalized spacial score (nSPS) is 13.9.